The van der Waals surface area contributed by atoms with Crippen LogP contribution < -0.4 is 5.32 Å². The Morgan fingerprint density at radius 1 is 1.06 bits per heavy atom. The average Bonchev–Trinajstić information content (AvgIpc) is 2.39. The maximum absolute atomic E-state index is 4.20. The van der Waals surface area contributed by atoms with Gasteiger partial charge in [-0.05, 0) is 30.2 Å². The summed E-state index contributed by atoms with van der Waals surface area (Å²) >= 11 is 0. The monoisotopic (exact) mass is 223 g/mol. The number of anilines is 1. The SMILES string of the molecule is C=C(c1ccccc1)c1cc(C)ccc1NC. The summed E-state index contributed by atoms with van der Waals surface area (Å²) in [5, 5.41) is 3.21. The molecule has 0 aliphatic rings. The van der Waals surface area contributed by atoms with Crippen LogP contribution in [0.25, 0.3) is 5.57 Å². The van der Waals surface area contributed by atoms with Gasteiger partial charge in [0, 0.05) is 18.3 Å². The molecular formula is C16H17N. The number of hydrogen-bond acceptors (Lipinski definition) is 1. The topological polar surface area (TPSA) is 12.0 Å². The van der Waals surface area contributed by atoms with Gasteiger partial charge in [0.05, 0.1) is 0 Å². The molecule has 0 bridgehead atoms. The number of nitrogens with one attached hydrogen (secondary N) is 1. The molecule has 0 aliphatic heterocycles. The molecule has 0 radical (unpaired) electrons. The lowest BCUT2D eigenvalue weighted by atomic mass is 9.96. The fourth-order valence-corrected chi connectivity index (χ4v) is 1.92. The third-order valence-electron chi connectivity index (χ3n) is 2.89. The van der Waals surface area contributed by atoms with E-state index >= 15 is 0 Å². The first kappa shape index (κ1) is 11.5. The Hall–Kier alpha value is -2.02. The van der Waals surface area contributed by atoms with Crippen LogP contribution in [0.1, 0.15) is 16.7 Å². The molecule has 0 fully saturated rings. The van der Waals surface area contributed by atoms with Gasteiger partial charge in [0.1, 0.15) is 0 Å². The number of hydrogen-bond donors (Lipinski definition) is 1. The van der Waals surface area contributed by atoms with Gasteiger partial charge in [-0.1, -0.05) is 48.5 Å². The van der Waals surface area contributed by atoms with Crippen molar-refractivity contribution in [3.63, 3.8) is 0 Å². The van der Waals surface area contributed by atoms with Crippen molar-refractivity contribution in [1.29, 1.82) is 0 Å². The molecule has 1 nitrogen and oxygen atoms in total. The van der Waals surface area contributed by atoms with Crippen LogP contribution in [-0.2, 0) is 0 Å². The lowest BCUT2D eigenvalue weighted by Gasteiger charge is -2.13. The van der Waals surface area contributed by atoms with Gasteiger partial charge in [0.15, 0.2) is 0 Å². The largest absolute Gasteiger partial charge is 0.388 e. The van der Waals surface area contributed by atoms with Gasteiger partial charge < -0.3 is 5.32 Å². The molecule has 17 heavy (non-hydrogen) atoms. The summed E-state index contributed by atoms with van der Waals surface area (Å²) in [6.45, 7) is 6.30. The van der Waals surface area contributed by atoms with Crippen LogP contribution in [0.5, 0.6) is 0 Å². The molecule has 0 atom stereocenters. The van der Waals surface area contributed by atoms with E-state index in [1.165, 1.54) is 11.1 Å². The molecule has 0 aliphatic carbocycles. The van der Waals surface area contributed by atoms with Crippen LogP contribution in [-0.4, -0.2) is 7.05 Å². The summed E-state index contributed by atoms with van der Waals surface area (Å²) in [5.74, 6) is 0. The minimum absolute atomic E-state index is 1.05. The molecule has 0 saturated heterocycles. The van der Waals surface area contributed by atoms with Crippen LogP contribution in [0.4, 0.5) is 5.69 Å². The summed E-state index contributed by atoms with van der Waals surface area (Å²) in [6.07, 6.45) is 0. The Morgan fingerprint density at radius 3 is 2.41 bits per heavy atom. The fourth-order valence-electron chi connectivity index (χ4n) is 1.92. The zero-order chi connectivity index (χ0) is 12.3. The van der Waals surface area contributed by atoms with E-state index in [0.717, 1.165) is 16.8 Å². The highest BCUT2D eigenvalue weighted by atomic mass is 14.8. The van der Waals surface area contributed by atoms with Gasteiger partial charge in [0.25, 0.3) is 0 Å². The van der Waals surface area contributed by atoms with Crippen molar-refractivity contribution in [3.05, 3.63) is 71.8 Å². The minimum atomic E-state index is 1.05. The second kappa shape index (κ2) is 4.88. The molecule has 2 rings (SSSR count). The zero-order valence-electron chi connectivity index (χ0n) is 10.3. The number of rotatable bonds is 3. The van der Waals surface area contributed by atoms with E-state index in [0.29, 0.717) is 0 Å². The van der Waals surface area contributed by atoms with Gasteiger partial charge in [0.2, 0.25) is 0 Å². The molecule has 0 saturated carbocycles. The lowest BCUT2D eigenvalue weighted by Crippen LogP contribution is -1.96. The van der Waals surface area contributed by atoms with Crippen molar-refractivity contribution in [1.82, 2.24) is 0 Å². The summed E-state index contributed by atoms with van der Waals surface area (Å²) in [7, 11) is 1.94. The smallest absolute Gasteiger partial charge is 0.0417 e. The Kier molecular flexibility index (Phi) is 3.29. The predicted octanol–water partition coefficient (Wildman–Crippen LogP) is 4.10. The molecule has 0 amide bonds. The van der Waals surface area contributed by atoms with Crippen molar-refractivity contribution < 1.29 is 0 Å². The summed E-state index contributed by atoms with van der Waals surface area (Å²) in [4.78, 5) is 0. The molecule has 0 spiro atoms. The summed E-state index contributed by atoms with van der Waals surface area (Å²) in [5.41, 5.74) is 5.74. The van der Waals surface area contributed by atoms with E-state index in [1.54, 1.807) is 0 Å². The van der Waals surface area contributed by atoms with Crippen LogP contribution in [0.15, 0.2) is 55.1 Å². The summed E-state index contributed by atoms with van der Waals surface area (Å²) < 4.78 is 0. The van der Waals surface area contributed by atoms with E-state index < -0.39 is 0 Å². The first-order chi connectivity index (χ1) is 8.22. The Bertz CT molecular complexity index is 526. The van der Waals surface area contributed by atoms with E-state index in [1.807, 2.05) is 25.2 Å². The second-order valence-electron chi connectivity index (χ2n) is 4.14. The van der Waals surface area contributed by atoms with Crippen molar-refractivity contribution in [3.8, 4) is 0 Å². The highest BCUT2D eigenvalue weighted by Crippen LogP contribution is 2.28. The van der Waals surface area contributed by atoms with Crippen LogP contribution in [0.2, 0.25) is 0 Å². The Balaban J connectivity index is 2.47. The normalized spacial score (nSPS) is 10.0. The summed E-state index contributed by atoms with van der Waals surface area (Å²) in [6, 6.07) is 16.6. The lowest BCUT2D eigenvalue weighted by molar-refractivity contribution is 1.40. The minimum Gasteiger partial charge on any atom is -0.388 e. The fraction of sp³-hybridized carbons (Fsp3) is 0.125. The van der Waals surface area contributed by atoms with Gasteiger partial charge in [-0.15, -0.1) is 0 Å². The molecule has 1 heteroatoms. The molecule has 86 valence electrons. The van der Waals surface area contributed by atoms with E-state index in [4.69, 9.17) is 0 Å². The van der Waals surface area contributed by atoms with Gasteiger partial charge in [-0.25, -0.2) is 0 Å². The molecule has 1 N–H and O–H groups in total. The van der Waals surface area contributed by atoms with E-state index in [9.17, 15) is 0 Å². The quantitative estimate of drug-likeness (QED) is 0.826. The van der Waals surface area contributed by atoms with Crippen molar-refractivity contribution in [2.24, 2.45) is 0 Å². The molecule has 2 aromatic carbocycles. The van der Waals surface area contributed by atoms with Crippen LogP contribution in [0.3, 0.4) is 0 Å². The number of aryl methyl sites for hydroxylation is 1. The molecule has 0 heterocycles. The first-order valence-corrected chi connectivity index (χ1v) is 5.75. The van der Waals surface area contributed by atoms with Crippen molar-refractivity contribution >= 4 is 11.3 Å². The maximum atomic E-state index is 4.20. The maximum Gasteiger partial charge on any atom is 0.0417 e. The molecule has 2 aromatic rings. The standard InChI is InChI=1S/C16H17N/c1-12-9-10-16(17-3)15(11-12)13(2)14-7-5-4-6-8-14/h4-11,17H,2H2,1,3H3. The van der Waals surface area contributed by atoms with Gasteiger partial charge in [-0.3, -0.25) is 0 Å². The molecule has 0 unspecified atom stereocenters. The molecular weight excluding hydrogens is 206 g/mol. The highest BCUT2D eigenvalue weighted by Gasteiger charge is 2.07. The van der Waals surface area contributed by atoms with Crippen LogP contribution >= 0.6 is 0 Å². The Labute approximate surface area is 103 Å². The second-order valence-corrected chi connectivity index (χ2v) is 4.14. The average molecular weight is 223 g/mol. The van der Waals surface area contributed by atoms with E-state index in [2.05, 4.69) is 49.2 Å². The Morgan fingerprint density at radius 2 is 1.76 bits per heavy atom. The van der Waals surface area contributed by atoms with E-state index in [-0.39, 0.29) is 0 Å². The van der Waals surface area contributed by atoms with Crippen LogP contribution in [0, 0.1) is 6.92 Å². The highest BCUT2D eigenvalue weighted by molar-refractivity contribution is 5.85. The van der Waals surface area contributed by atoms with Gasteiger partial charge in [-0.2, -0.15) is 0 Å². The van der Waals surface area contributed by atoms with Gasteiger partial charge >= 0.3 is 0 Å². The van der Waals surface area contributed by atoms with Crippen molar-refractivity contribution in [2.75, 3.05) is 12.4 Å². The first-order valence-electron chi connectivity index (χ1n) is 5.75. The predicted molar refractivity (Wildman–Crippen MR) is 75.3 cm³/mol. The third kappa shape index (κ3) is 2.39. The van der Waals surface area contributed by atoms with Crippen molar-refractivity contribution in [2.45, 2.75) is 6.92 Å². The number of benzene rings is 2. The third-order valence-corrected chi connectivity index (χ3v) is 2.89. The zero-order valence-corrected chi connectivity index (χ0v) is 10.3. The molecule has 0 aromatic heterocycles.